The van der Waals surface area contributed by atoms with Gasteiger partial charge in [0.2, 0.25) is 0 Å². The second-order valence-corrected chi connectivity index (χ2v) is 17.2. The fourth-order valence-corrected chi connectivity index (χ4v) is 8.49. The van der Waals surface area contributed by atoms with E-state index in [-0.39, 0.29) is 38.7 Å². The van der Waals surface area contributed by atoms with E-state index in [1.54, 1.807) is 0 Å². The van der Waals surface area contributed by atoms with Gasteiger partial charge in [0.25, 0.3) is 0 Å². The topological polar surface area (TPSA) is 50.9 Å². The molecule has 63 heavy (non-hydrogen) atoms. The van der Waals surface area contributed by atoms with E-state index in [2.05, 4.69) is 179 Å². The largest absolute Gasteiger partial charge is 0.507 e. The molecule has 7 aromatic carbocycles. The number of aromatic nitrogens is 3. The monoisotopic (exact) mass is 1000 g/mol. The first-order chi connectivity index (χ1) is 30.3. The molecular formula is C58H52N3OPt-. The third-order valence-corrected chi connectivity index (χ3v) is 11.9. The molecule has 316 valence electrons. The van der Waals surface area contributed by atoms with E-state index in [0.29, 0.717) is 11.4 Å². The van der Waals surface area contributed by atoms with Crippen molar-refractivity contribution in [1.82, 2.24) is 14.5 Å². The SMILES string of the molecule is [2H]C(C)(C)c1cc(-n2c(-c3cc(C(C)C)cc(C(C)C)c3O)nc3c(-c4[c-]c(-c5cc(-c6ccc(C)cc6)ccn5)cc(-c5ccccc5)c4)cccc32)ccc1-c1ccccc1.[Pt]. The van der Waals surface area contributed by atoms with Gasteiger partial charge in [0, 0.05) is 40.0 Å². The van der Waals surface area contributed by atoms with Crippen molar-refractivity contribution in [2.24, 2.45) is 0 Å². The smallest absolute Gasteiger partial charge is 0.148 e. The Hall–Kier alpha value is -6.35. The Labute approximate surface area is 388 Å². The minimum Gasteiger partial charge on any atom is -0.507 e. The predicted molar refractivity (Wildman–Crippen MR) is 259 cm³/mol. The summed E-state index contributed by atoms with van der Waals surface area (Å²) in [7, 11) is 0. The van der Waals surface area contributed by atoms with Crippen LogP contribution in [0.25, 0.3) is 83.9 Å². The second kappa shape index (κ2) is 18.2. The van der Waals surface area contributed by atoms with Crippen LogP contribution in [0, 0.1) is 13.0 Å². The first-order valence-corrected chi connectivity index (χ1v) is 21.6. The number of para-hydroxylation sites is 1. The summed E-state index contributed by atoms with van der Waals surface area (Å²) in [5.41, 5.74) is 17.2. The van der Waals surface area contributed by atoms with Gasteiger partial charge in [0.15, 0.2) is 0 Å². The Bertz CT molecular complexity index is 3110. The van der Waals surface area contributed by atoms with Crippen molar-refractivity contribution in [3.05, 3.63) is 192 Å². The summed E-state index contributed by atoms with van der Waals surface area (Å²) in [6, 6.07) is 58.6. The Morgan fingerprint density at radius 2 is 1.25 bits per heavy atom. The first kappa shape index (κ1) is 42.0. The number of hydrogen-bond donors (Lipinski definition) is 1. The molecule has 0 saturated heterocycles. The molecule has 0 spiro atoms. The van der Waals surface area contributed by atoms with Crippen molar-refractivity contribution in [3.8, 4) is 78.6 Å². The summed E-state index contributed by atoms with van der Waals surface area (Å²) in [5.74, 6) is 0.259. The van der Waals surface area contributed by atoms with Crippen molar-refractivity contribution < 1.29 is 27.5 Å². The molecule has 0 aliphatic heterocycles. The van der Waals surface area contributed by atoms with Crippen LogP contribution in [-0.4, -0.2) is 19.6 Å². The quantitative estimate of drug-likeness (QED) is 0.139. The van der Waals surface area contributed by atoms with Crippen LogP contribution >= 0.6 is 0 Å². The molecule has 0 bridgehead atoms. The molecule has 0 unspecified atom stereocenters. The molecule has 2 aromatic heterocycles. The average Bonchev–Trinajstić information content (AvgIpc) is 3.69. The molecule has 0 saturated carbocycles. The van der Waals surface area contributed by atoms with Gasteiger partial charge in [-0.1, -0.05) is 179 Å². The van der Waals surface area contributed by atoms with E-state index in [9.17, 15) is 6.48 Å². The van der Waals surface area contributed by atoms with E-state index in [1.165, 1.54) is 5.56 Å². The maximum Gasteiger partial charge on any atom is 0.148 e. The molecule has 0 fully saturated rings. The fraction of sp³-hybridized carbons (Fsp3) is 0.172. The zero-order valence-corrected chi connectivity index (χ0v) is 39.1. The Morgan fingerprint density at radius 1 is 0.571 bits per heavy atom. The number of pyridine rings is 1. The number of hydrogen-bond acceptors (Lipinski definition) is 3. The molecule has 0 amide bonds. The zero-order valence-electron chi connectivity index (χ0n) is 37.8. The molecule has 9 aromatic rings. The standard InChI is InChI=1S/C58H52N3O.Pt/c1-36(2)44-32-52(38(5)6)57(62)53(33-44)58-60-56-50(19-14-20-55(56)61(58)48-25-26-49(51(35-48)37(3)4)42-17-12-9-13-18-42)46-29-45(40-15-10-8-11-16-40)30-47(31-46)54-34-43(27-28-59-54)41-23-21-39(7)22-24-41;/h8-30,32-38,62H,1-7H3;/q-1;/i37D;. The summed E-state index contributed by atoms with van der Waals surface area (Å²) in [5, 5.41) is 12.2. The molecule has 2 heterocycles. The first-order valence-electron chi connectivity index (χ1n) is 22.1. The van der Waals surface area contributed by atoms with E-state index < -0.39 is 5.89 Å². The summed E-state index contributed by atoms with van der Waals surface area (Å²) < 4.78 is 11.5. The van der Waals surface area contributed by atoms with Crippen LogP contribution in [0.5, 0.6) is 5.75 Å². The molecule has 0 aliphatic rings. The minimum atomic E-state index is -0.915. The van der Waals surface area contributed by atoms with Gasteiger partial charge in [-0.2, -0.15) is 0 Å². The summed E-state index contributed by atoms with van der Waals surface area (Å²) in [6.45, 7) is 14.6. The maximum atomic E-state index is 12.2. The van der Waals surface area contributed by atoms with E-state index in [4.69, 9.17) is 9.97 Å². The van der Waals surface area contributed by atoms with Gasteiger partial charge in [-0.3, -0.25) is 9.55 Å². The number of aromatic hydroxyl groups is 1. The van der Waals surface area contributed by atoms with Gasteiger partial charge in [0.1, 0.15) is 11.6 Å². The fourth-order valence-electron chi connectivity index (χ4n) is 8.49. The maximum absolute atomic E-state index is 12.2. The third kappa shape index (κ3) is 8.58. The van der Waals surface area contributed by atoms with Crippen molar-refractivity contribution in [3.63, 3.8) is 0 Å². The van der Waals surface area contributed by atoms with Crippen LogP contribution in [0.15, 0.2) is 164 Å². The van der Waals surface area contributed by atoms with Crippen molar-refractivity contribution in [2.45, 2.75) is 66.2 Å². The van der Waals surface area contributed by atoms with E-state index in [1.807, 2.05) is 44.3 Å². The van der Waals surface area contributed by atoms with Crippen LogP contribution in [0.2, 0.25) is 0 Å². The number of imidazole rings is 1. The third-order valence-electron chi connectivity index (χ3n) is 11.9. The number of benzene rings is 7. The van der Waals surface area contributed by atoms with Crippen LogP contribution in [-0.2, 0) is 21.1 Å². The van der Waals surface area contributed by atoms with Gasteiger partial charge >= 0.3 is 0 Å². The van der Waals surface area contributed by atoms with Crippen LogP contribution in [0.1, 0.15) is 82.9 Å². The molecule has 9 rings (SSSR count). The Balaban J connectivity index is 0.00000560. The van der Waals surface area contributed by atoms with Gasteiger partial charge in [0.05, 0.1) is 16.6 Å². The molecule has 4 nitrogen and oxygen atoms in total. The van der Waals surface area contributed by atoms with E-state index >= 15 is 0 Å². The molecule has 5 heteroatoms. The van der Waals surface area contributed by atoms with Crippen molar-refractivity contribution >= 4 is 11.0 Å². The molecule has 0 radical (unpaired) electrons. The van der Waals surface area contributed by atoms with Crippen molar-refractivity contribution in [2.75, 3.05) is 0 Å². The Kier molecular flexibility index (Phi) is 12.1. The Morgan fingerprint density at radius 3 is 1.94 bits per heavy atom. The number of fused-ring (bicyclic) bond motifs is 1. The van der Waals surface area contributed by atoms with Crippen LogP contribution < -0.4 is 0 Å². The van der Waals surface area contributed by atoms with Crippen LogP contribution in [0.4, 0.5) is 0 Å². The predicted octanol–water partition coefficient (Wildman–Crippen LogP) is 15.6. The average molecular weight is 1000 g/mol. The number of rotatable bonds is 10. The summed E-state index contributed by atoms with van der Waals surface area (Å²) in [6.07, 6.45) is 1.88. The molecule has 0 aliphatic carbocycles. The zero-order chi connectivity index (χ0) is 44.0. The normalized spacial score (nSPS) is 11.9. The van der Waals surface area contributed by atoms with Gasteiger partial charge in [-0.05, 0) is 99.5 Å². The number of aryl methyl sites for hydroxylation is 1. The summed E-state index contributed by atoms with van der Waals surface area (Å²) in [4.78, 5) is 10.5. The number of phenols is 1. The number of phenolic OH excluding ortho intramolecular Hbond substituents is 1. The van der Waals surface area contributed by atoms with Gasteiger partial charge in [-0.15, -0.1) is 23.8 Å². The second-order valence-electron chi connectivity index (χ2n) is 17.2. The van der Waals surface area contributed by atoms with Crippen molar-refractivity contribution in [1.29, 1.82) is 0 Å². The summed E-state index contributed by atoms with van der Waals surface area (Å²) >= 11 is 0. The molecular weight excluding hydrogens is 950 g/mol. The van der Waals surface area contributed by atoms with E-state index in [0.717, 1.165) is 89.2 Å². The van der Waals surface area contributed by atoms with Gasteiger partial charge < -0.3 is 5.11 Å². The van der Waals surface area contributed by atoms with Crippen LogP contribution in [0.3, 0.4) is 0 Å². The number of nitrogens with zero attached hydrogens (tertiary/aromatic N) is 3. The minimum absolute atomic E-state index is 0. The molecule has 0 atom stereocenters. The molecule has 1 N–H and O–H groups in total. The van der Waals surface area contributed by atoms with Gasteiger partial charge in [-0.25, -0.2) is 4.98 Å².